The Bertz CT molecular complexity index is 1010. The summed E-state index contributed by atoms with van der Waals surface area (Å²) in [5, 5.41) is 11.8. The van der Waals surface area contributed by atoms with Gasteiger partial charge in [0.2, 0.25) is 10.0 Å². The molecule has 0 unspecified atom stereocenters. The second-order valence-corrected chi connectivity index (χ2v) is 10.5. The number of nitrogens with one attached hydrogen (secondary N) is 1. The van der Waals surface area contributed by atoms with Crippen molar-refractivity contribution in [2.24, 2.45) is 5.92 Å². The average Bonchev–Trinajstić information content (AvgIpc) is 3.01. The molecule has 3 fully saturated rings. The minimum absolute atomic E-state index is 0.108. The summed E-state index contributed by atoms with van der Waals surface area (Å²) in [4.78, 5) is 29.1. The Labute approximate surface area is 182 Å². The molecule has 0 bridgehead atoms. The topological polar surface area (TPSA) is 114 Å². The summed E-state index contributed by atoms with van der Waals surface area (Å²) >= 11 is 0. The number of amides is 3. The van der Waals surface area contributed by atoms with Gasteiger partial charge in [0.05, 0.1) is 23.2 Å². The zero-order valence-corrected chi connectivity index (χ0v) is 18.4. The number of nitriles is 1. The molecule has 1 aromatic rings. The van der Waals surface area contributed by atoms with Crippen LogP contribution >= 0.6 is 0 Å². The highest BCUT2D eigenvalue weighted by molar-refractivity contribution is 7.89. The van der Waals surface area contributed by atoms with Gasteiger partial charge in [0.15, 0.2) is 0 Å². The van der Waals surface area contributed by atoms with E-state index in [1.807, 2.05) is 17.9 Å². The summed E-state index contributed by atoms with van der Waals surface area (Å²) in [7, 11) is -3.65. The summed E-state index contributed by atoms with van der Waals surface area (Å²) in [5.74, 6) is -0.0468. The lowest BCUT2D eigenvalue weighted by molar-refractivity contribution is -0.135. The Balaban J connectivity index is 1.38. The summed E-state index contributed by atoms with van der Waals surface area (Å²) in [6, 6.07) is 7.48. The van der Waals surface area contributed by atoms with Gasteiger partial charge in [-0.05, 0) is 43.0 Å². The van der Waals surface area contributed by atoms with Crippen molar-refractivity contribution >= 4 is 22.0 Å². The summed E-state index contributed by atoms with van der Waals surface area (Å²) < 4.78 is 27.2. The van der Waals surface area contributed by atoms with Crippen LogP contribution in [0.15, 0.2) is 29.2 Å². The standard InChI is InChI=1S/C21H27N5O4S/c1-16-4-2-3-9-21(16)19(27)26(20(28)23-21)15-24-10-12-25(13-11-24)31(29,30)18-7-5-17(14-22)6-8-18/h5-8,16H,2-4,9-13,15H2,1H3,(H,23,28)/t16-,21-/m0/s1. The first-order valence-corrected chi connectivity index (χ1v) is 12.1. The highest BCUT2D eigenvalue weighted by Crippen LogP contribution is 2.38. The number of rotatable bonds is 4. The van der Waals surface area contributed by atoms with Crippen LogP contribution in [-0.4, -0.2) is 72.8 Å². The molecule has 9 nitrogen and oxygen atoms in total. The maximum atomic E-state index is 13.1. The van der Waals surface area contributed by atoms with Crippen molar-refractivity contribution in [2.45, 2.75) is 43.0 Å². The number of benzene rings is 1. The Kier molecular flexibility index (Phi) is 5.77. The predicted molar refractivity (Wildman–Crippen MR) is 112 cm³/mol. The number of carbonyl (C=O) groups is 2. The molecule has 166 valence electrons. The lowest BCUT2D eigenvalue weighted by atomic mass is 9.73. The molecule has 4 rings (SSSR count). The molecular weight excluding hydrogens is 418 g/mol. The van der Waals surface area contributed by atoms with Crippen LogP contribution in [0.4, 0.5) is 4.79 Å². The van der Waals surface area contributed by atoms with E-state index in [4.69, 9.17) is 5.26 Å². The smallest absolute Gasteiger partial charge is 0.323 e. The lowest BCUT2D eigenvalue weighted by Crippen LogP contribution is -2.55. The molecule has 3 aliphatic rings. The van der Waals surface area contributed by atoms with Crippen molar-refractivity contribution in [3.63, 3.8) is 0 Å². The highest BCUT2D eigenvalue weighted by atomic mass is 32.2. The minimum Gasteiger partial charge on any atom is -0.323 e. The fraction of sp³-hybridized carbons (Fsp3) is 0.571. The van der Waals surface area contributed by atoms with Crippen molar-refractivity contribution in [3.05, 3.63) is 29.8 Å². The van der Waals surface area contributed by atoms with Gasteiger partial charge >= 0.3 is 6.03 Å². The maximum absolute atomic E-state index is 13.1. The molecule has 10 heteroatoms. The maximum Gasteiger partial charge on any atom is 0.326 e. The first-order chi connectivity index (χ1) is 14.8. The molecule has 2 aliphatic heterocycles. The zero-order chi connectivity index (χ0) is 22.2. The third kappa shape index (κ3) is 3.82. The molecule has 2 heterocycles. The number of hydrogen-bond acceptors (Lipinski definition) is 6. The van der Waals surface area contributed by atoms with Crippen molar-refractivity contribution < 1.29 is 18.0 Å². The third-order valence-electron chi connectivity index (χ3n) is 6.80. The van der Waals surface area contributed by atoms with Crippen molar-refractivity contribution in [2.75, 3.05) is 32.8 Å². The second kappa shape index (κ2) is 8.22. The number of urea groups is 1. The van der Waals surface area contributed by atoms with E-state index in [9.17, 15) is 18.0 Å². The molecule has 1 N–H and O–H groups in total. The number of nitrogens with zero attached hydrogens (tertiary/aromatic N) is 4. The Hall–Kier alpha value is -2.48. The van der Waals surface area contributed by atoms with E-state index in [1.54, 1.807) is 0 Å². The SMILES string of the molecule is C[C@H]1CCCC[C@]12NC(=O)N(CN1CCN(S(=O)(=O)c3ccc(C#N)cc3)CC1)C2=O. The zero-order valence-electron chi connectivity index (χ0n) is 17.6. The molecule has 2 atom stereocenters. The van der Waals surface area contributed by atoms with E-state index in [0.29, 0.717) is 25.1 Å². The Morgan fingerprint density at radius 2 is 1.81 bits per heavy atom. The first-order valence-electron chi connectivity index (χ1n) is 10.6. The predicted octanol–water partition coefficient (Wildman–Crippen LogP) is 1.32. The summed E-state index contributed by atoms with van der Waals surface area (Å²) in [6.45, 7) is 3.59. The van der Waals surface area contributed by atoms with E-state index in [0.717, 1.165) is 19.3 Å². The van der Waals surface area contributed by atoms with Crippen LogP contribution in [-0.2, 0) is 14.8 Å². The molecule has 2 saturated heterocycles. The normalized spacial score (nSPS) is 28.0. The van der Waals surface area contributed by atoms with Gasteiger partial charge in [0.1, 0.15) is 5.54 Å². The van der Waals surface area contributed by atoms with E-state index in [-0.39, 0.29) is 42.5 Å². The van der Waals surface area contributed by atoms with Crippen LogP contribution < -0.4 is 5.32 Å². The monoisotopic (exact) mass is 445 g/mol. The van der Waals surface area contributed by atoms with Crippen molar-refractivity contribution in [1.29, 1.82) is 5.26 Å². The molecular formula is C21H27N5O4S. The van der Waals surface area contributed by atoms with Crippen LogP contribution in [0.2, 0.25) is 0 Å². The van der Waals surface area contributed by atoms with E-state index in [2.05, 4.69) is 5.32 Å². The van der Waals surface area contributed by atoms with Gasteiger partial charge in [-0.15, -0.1) is 0 Å². The van der Waals surface area contributed by atoms with Gasteiger partial charge in [-0.3, -0.25) is 9.69 Å². The van der Waals surface area contributed by atoms with Crippen molar-refractivity contribution in [3.8, 4) is 6.07 Å². The second-order valence-electron chi connectivity index (χ2n) is 8.58. The van der Waals surface area contributed by atoms with Crippen LogP contribution in [0.3, 0.4) is 0 Å². The molecule has 1 aromatic carbocycles. The van der Waals surface area contributed by atoms with Gasteiger partial charge < -0.3 is 5.32 Å². The minimum atomic E-state index is -3.65. The number of piperazine rings is 1. The molecule has 1 saturated carbocycles. The van der Waals surface area contributed by atoms with E-state index in [1.165, 1.54) is 33.5 Å². The molecule has 31 heavy (non-hydrogen) atoms. The van der Waals surface area contributed by atoms with Gasteiger partial charge in [-0.2, -0.15) is 9.57 Å². The lowest BCUT2D eigenvalue weighted by Gasteiger charge is -2.38. The Morgan fingerprint density at radius 3 is 2.42 bits per heavy atom. The molecule has 1 spiro atoms. The van der Waals surface area contributed by atoms with Gasteiger partial charge in [-0.25, -0.2) is 18.1 Å². The fourth-order valence-electron chi connectivity index (χ4n) is 4.79. The quantitative estimate of drug-likeness (QED) is 0.700. The van der Waals surface area contributed by atoms with Crippen LogP contribution in [0.5, 0.6) is 0 Å². The number of sulfonamides is 1. The van der Waals surface area contributed by atoms with E-state index < -0.39 is 15.6 Å². The highest BCUT2D eigenvalue weighted by Gasteiger charge is 2.55. The summed E-state index contributed by atoms with van der Waals surface area (Å²) in [5.41, 5.74) is -0.377. The molecule has 0 aromatic heterocycles. The average molecular weight is 446 g/mol. The van der Waals surface area contributed by atoms with Crippen LogP contribution in [0.25, 0.3) is 0 Å². The Morgan fingerprint density at radius 1 is 1.13 bits per heavy atom. The number of hydrogen-bond donors (Lipinski definition) is 1. The van der Waals surface area contributed by atoms with Gasteiger partial charge in [0.25, 0.3) is 5.91 Å². The molecule has 3 amide bonds. The number of carbonyl (C=O) groups excluding carboxylic acids is 2. The first kappa shape index (κ1) is 21.7. The summed E-state index contributed by atoms with van der Waals surface area (Å²) in [6.07, 6.45) is 3.59. The van der Waals surface area contributed by atoms with Crippen molar-refractivity contribution in [1.82, 2.24) is 19.4 Å². The van der Waals surface area contributed by atoms with Crippen LogP contribution in [0.1, 0.15) is 38.2 Å². The van der Waals surface area contributed by atoms with Gasteiger partial charge in [-0.1, -0.05) is 19.8 Å². The number of imide groups is 1. The largest absolute Gasteiger partial charge is 0.326 e. The third-order valence-corrected chi connectivity index (χ3v) is 8.71. The van der Waals surface area contributed by atoms with Gasteiger partial charge in [0, 0.05) is 26.2 Å². The van der Waals surface area contributed by atoms with Crippen LogP contribution in [0, 0.1) is 17.2 Å². The van der Waals surface area contributed by atoms with E-state index >= 15 is 0 Å². The molecule has 0 radical (unpaired) electrons. The fourth-order valence-corrected chi connectivity index (χ4v) is 6.21. The molecule has 1 aliphatic carbocycles.